The van der Waals surface area contributed by atoms with E-state index in [1.807, 2.05) is 38.3 Å². The van der Waals surface area contributed by atoms with Crippen LogP contribution in [0.5, 0.6) is 0 Å². The lowest BCUT2D eigenvalue weighted by Gasteiger charge is -2.08. The van der Waals surface area contributed by atoms with Crippen molar-refractivity contribution in [2.24, 2.45) is 0 Å². The maximum absolute atomic E-state index is 12.5. The van der Waals surface area contributed by atoms with E-state index in [0.717, 1.165) is 16.8 Å². The second-order valence-corrected chi connectivity index (χ2v) is 7.00. The summed E-state index contributed by atoms with van der Waals surface area (Å²) in [6.07, 6.45) is 4.89. The topological polar surface area (TPSA) is 79.0 Å². The summed E-state index contributed by atoms with van der Waals surface area (Å²) in [7, 11) is 0. The number of carbonyl (C=O) groups is 2. The molecule has 0 bridgehead atoms. The van der Waals surface area contributed by atoms with Crippen molar-refractivity contribution in [3.63, 3.8) is 0 Å². The number of allylic oxidation sites excluding steroid dienone is 1. The van der Waals surface area contributed by atoms with Gasteiger partial charge in [-0.05, 0) is 39.8 Å². The third-order valence-corrected chi connectivity index (χ3v) is 4.68. The highest BCUT2D eigenvalue weighted by atomic mass is 16.5. The van der Waals surface area contributed by atoms with Crippen LogP contribution >= 0.6 is 0 Å². The number of rotatable bonds is 7. The quantitative estimate of drug-likeness (QED) is 0.355. The Labute approximate surface area is 163 Å². The van der Waals surface area contributed by atoms with Gasteiger partial charge in [0, 0.05) is 41.1 Å². The van der Waals surface area contributed by atoms with Gasteiger partial charge in [0.1, 0.15) is 0 Å². The number of esters is 1. The molecule has 3 aromatic heterocycles. The van der Waals surface area contributed by atoms with Gasteiger partial charge < -0.3 is 9.30 Å². The van der Waals surface area contributed by atoms with Gasteiger partial charge in [-0.15, -0.1) is 6.58 Å². The first-order chi connectivity index (χ1) is 13.3. The summed E-state index contributed by atoms with van der Waals surface area (Å²) in [5.74, 6) is -0.821. The number of Topliss-reactive ketones (excluding diaryl/α,β-unsaturated/α-hetero) is 1. The fourth-order valence-electron chi connectivity index (χ4n) is 3.22. The van der Waals surface area contributed by atoms with Crippen molar-refractivity contribution in [3.8, 4) is 0 Å². The molecule has 0 unspecified atom stereocenters. The number of carbonyl (C=O) groups excluding carboxylic acids is 2. The van der Waals surface area contributed by atoms with Crippen LogP contribution < -0.4 is 0 Å². The van der Waals surface area contributed by atoms with Crippen molar-refractivity contribution < 1.29 is 14.3 Å². The summed E-state index contributed by atoms with van der Waals surface area (Å²) in [5.41, 5.74) is 3.35. The second kappa shape index (κ2) is 7.80. The van der Waals surface area contributed by atoms with Crippen LogP contribution in [0.15, 0.2) is 37.2 Å². The molecular weight excluding hydrogens is 356 g/mol. The molecule has 28 heavy (non-hydrogen) atoms. The third-order valence-electron chi connectivity index (χ3n) is 4.68. The van der Waals surface area contributed by atoms with Crippen molar-refractivity contribution in [2.75, 3.05) is 6.61 Å². The fraction of sp³-hybridized carbons (Fsp3) is 0.333. The lowest BCUT2D eigenvalue weighted by Crippen LogP contribution is -2.15. The number of fused-ring (bicyclic) bond motifs is 1. The molecule has 0 amide bonds. The molecule has 0 aromatic carbocycles. The first kappa shape index (κ1) is 19.5. The predicted molar refractivity (Wildman–Crippen MR) is 107 cm³/mol. The number of nitrogens with zero attached hydrogens (tertiary/aromatic N) is 4. The minimum absolute atomic E-state index is 0.167. The Morgan fingerprint density at radius 2 is 2.00 bits per heavy atom. The van der Waals surface area contributed by atoms with Crippen molar-refractivity contribution in [1.82, 2.24) is 19.3 Å². The van der Waals surface area contributed by atoms with E-state index in [0.29, 0.717) is 23.3 Å². The first-order valence-corrected chi connectivity index (χ1v) is 9.14. The molecule has 7 nitrogen and oxygen atoms in total. The zero-order chi connectivity index (χ0) is 20.4. The summed E-state index contributed by atoms with van der Waals surface area (Å²) in [4.78, 5) is 29.2. The number of ketones is 1. The molecule has 3 rings (SSSR count). The van der Waals surface area contributed by atoms with Crippen LogP contribution in [0, 0.1) is 13.8 Å². The molecule has 0 radical (unpaired) electrons. The smallest absolute Gasteiger partial charge is 0.340 e. The highest BCUT2D eigenvalue weighted by Gasteiger charge is 2.18. The molecule has 3 aromatic rings. The van der Waals surface area contributed by atoms with E-state index in [1.165, 1.54) is 6.20 Å². The van der Waals surface area contributed by atoms with Gasteiger partial charge in [0.05, 0.1) is 11.8 Å². The van der Waals surface area contributed by atoms with Crippen LogP contribution in [0.3, 0.4) is 0 Å². The van der Waals surface area contributed by atoms with E-state index in [1.54, 1.807) is 23.0 Å². The SMILES string of the molecule is C=CCn1c(C)cc(C(=O)COC(=O)c2cnc3c(cnn3C(C)C)c2)c1C. The van der Waals surface area contributed by atoms with Crippen LogP contribution in [0.1, 0.15) is 52.0 Å². The van der Waals surface area contributed by atoms with Gasteiger partial charge >= 0.3 is 5.97 Å². The van der Waals surface area contributed by atoms with Gasteiger partial charge in [-0.2, -0.15) is 5.10 Å². The molecule has 3 heterocycles. The van der Waals surface area contributed by atoms with Crippen LogP contribution in [-0.4, -0.2) is 37.7 Å². The van der Waals surface area contributed by atoms with Gasteiger partial charge in [-0.3, -0.25) is 4.79 Å². The van der Waals surface area contributed by atoms with Crippen molar-refractivity contribution in [2.45, 2.75) is 40.3 Å². The minimum atomic E-state index is -0.583. The molecule has 0 saturated heterocycles. The van der Waals surface area contributed by atoms with Crippen molar-refractivity contribution in [3.05, 3.63) is 59.7 Å². The van der Waals surface area contributed by atoms with E-state index in [4.69, 9.17) is 4.74 Å². The maximum Gasteiger partial charge on any atom is 0.340 e. The lowest BCUT2D eigenvalue weighted by molar-refractivity contribution is 0.0474. The summed E-state index contributed by atoms with van der Waals surface area (Å²) in [6.45, 7) is 11.9. The normalized spacial score (nSPS) is 11.2. The standard InChI is InChI=1S/C21H24N4O3/c1-6-7-24-14(4)8-18(15(24)5)19(26)12-28-21(27)17-9-16-11-23-25(13(2)3)20(16)22-10-17/h6,8-11,13H,1,7,12H2,2-5H3. The lowest BCUT2D eigenvalue weighted by atomic mass is 10.1. The molecule has 0 N–H and O–H groups in total. The predicted octanol–water partition coefficient (Wildman–Crippen LogP) is 3.66. The Morgan fingerprint density at radius 3 is 2.68 bits per heavy atom. The number of pyridine rings is 1. The van der Waals surface area contributed by atoms with E-state index in [-0.39, 0.29) is 18.4 Å². The third kappa shape index (κ3) is 3.60. The van der Waals surface area contributed by atoms with Crippen LogP contribution in [-0.2, 0) is 11.3 Å². The summed E-state index contributed by atoms with van der Waals surface area (Å²) < 4.78 is 9.00. The Morgan fingerprint density at radius 1 is 1.25 bits per heavy atom. The molecule has 7 heteroatoms. The van der Waals surface area contributed by atoms with Gasteiger partial charge in [0.2, 0.25) is 5.78 Å². The number of aromatic nitrogens is 4. The number of ether oxygens (including phenoxy) is 1. The zero-order valence-corrected chi connectivity index (χ0v) is 16.6. The van der Waals surface area contributed by atoms with Gasteiger partial charge in [-0.1, -0.05) is 6.08 Å². The Bertz CT molecular complexity index is 1060. The molecule has 0 fully saturated rings. The number of hydrogen-bond donors (Lipinski definition) is 0. The number of aryl methyl sites for hydroxylation is 1. The Hall–Kier alpha value is -3.22. The molecule has 0 saturated carbocycles. The molecule has 146 valence electrons. The fourth-order valence-corrected chi connectivity index (χ4v) is 3.22. The first-order valence-electron chi connectivity index (χ1n) is 9.14. The average Bonchev–Trinajstić information content (AvgIpc) is 3.21. The number of hydrogen-bond acceptors (Lipinski definition) is 5. The molecule has 0 spiro atoms. The maximum atomic E-state index is 12.5. The van der Waals surface area contributed by atoms with E-state index >= 15 is 0 Å². The molecular formula is C21H24N4O3. The minimum Gasteiger partial charge on any atom is -0.454 e. The Balaban J connectivity index is 1.72. The average molecular weight is 380 g/mol. The summed E-state index contributed by atoms with van der Waals surface area (Å²) >= 11 is 0. The van der Waals surface area contributed by atoms with Gasteiger partial charge in [0.15, 0.2) is 12.3 Å². The monoisotopic (exact) mass is 380 g/mol. The van der Waals surface area contributed by atoms with Crippen molar-refractivity contribution in [1.29, 1.82) is 0 Å². The summed E-state index contributed by atoms with van der Waals surface area (Å²) in [6, 6.07) is 3.65. The van der Waals surface area contributed by atoms with Crippen LogP contribution in [0.2, 0.25) is 0 Å². The highest BCUT2D eigenvalue weighted by Crippen LogP contribution is 2.18. The highest BCUT2D eigenvalue weighted by molar-refractivity contribution is 6.00. The Kier molecular flexibility index (Phi) is 5.44. The summed E-state index contributed by atoms with van der Waals surface area (Å²) in [5, 5.41) is 5.04. The second-order valence-electron chi connectivity index (χ2n) is 7.00. The molecule has 0 atom stereocenters. The van der Waals surface area contributed by atoms with Crippen LogP contribution in [0.4, 0.5) is 0 Å². The van der Waals surface area contributed by atoms with E-state index in [9.17, 15) is 9.59 Å². The van der Waals surface area contributed by atoms with Gasteiger partial charge in [-0.25, -0.2) is 14.5 Å². The van der Waals surface area contributed by atoms with Crippen molar-refractivity contribution >= 4 is 22.8 Å². The largest absolute Gasteiger partial charge is 0.454 e. The zero-order valence-electron chi connectivity index (χ0n) is 16.6. The van der Waals surface area contributed by atoms with E-state index < -0.39 is 5.97 Å². The van der Waals surface area contributed by atoms with Gasteiger partial charge in [0.25, 0.3) is 0 Å². The molecule has 0 aliphatic carbocycles. The molecule has 0 aliphatic heterocycles. The van der Waals surface area contributed by atoms with E-state index in [2.05, 4.69) is 16.7 Å². The van der Waals surface area contributed by atoms with Crippen LogP contribution in [0.25, 0.3) is 11.0 Å². The molecule has 0 aliphatic rings.